The third-order valence-corrected chi connectivity index (χ3v) is 3.00. The average molecular weight is 299 g/mol. The van der Waals surface area contributed by atoms with Crippen LogP contribution in [0.1, 0.15) is 5.56 Å². The zero-order chi connectivity index (χ0) is 11.4. The van der Waals surface area contributed by atoms with Crippen molar-refractivity contribution >= 4 is 33.3 Å². The molecule has 16 heavy (non-hydrogen) atoms. The summed E-state index contributed by atoms with van der Waals surface area (Å²) in [4.78, 5) is 7.86. The van der Waals surface area contributed by atoms with E-state index >= 15 is 0 Å². The van der Waals surface area contributed by atoms with Crippen molar-refractivity contribution in [1.29, 1.82) is 0 Å². The molecule has 0 atom stereocenters. The van der Waals surface area contributed by atoms with E-state index in [0.717, 1.165) is 15.9 Å². The first-order valence-corrected chi connectivity index (χ1v) is 5.88. The lowest BCUT2D eigenvalue weighted by Crippen LogP contribution is -2.02. The van der Waals surface area contributed by atoms with E-state index < -0.39 is 0 Å². The molecule has 2 aromatic rings. The van der Waals surface area contributed by atoms with Crippen molar-refractivity contribution in [2.24, 2.45) is 0 Å². The SMILES string of the molecule is Clc1nccc(NCc2ccccc2Br)n1. The summed E-state index contributed by atoms with van der Waals surface area (Å²) in [7, 11) is 0. The van der Waals surface area contributed by atoms with Crippen molar-refractivity contribution in [1.82, 2.24) is 9.97 Å². The van der Waals surface area contributed by atoms with Crippen molar-refractivity contribution in [2.45, 2.75) is 6.54 Å². The third-order valence-electron chi connectivity index (χ3n) is 2.04. The summed E-state index contributed by atoms with van der Waals surface area (Å²) in [5.74, 6) is 0.718. The average Bonchev–Trinajstić information content (AvgIpc) is 2.28. The number of rotatable bonds is 3. The van der Waals surface area contributed by atoms with Gasteiger partial charge in [-0.25, -0.2) is 9.97 Å². The fraction of sp³-hybridized carbons (Fsp3) is 0.0909. The van der Waals surface area contributed by atoms with Crippen molar-refractivity contribution in [2.75, 3.05) is 5.32 Å². The van der Waals surface area contributed by atoms with E-state index in [0.29, 0.717) is 6.54 Å². The number of hydrogen-bond donors (Lipinski definition) is 1. The first-order chi connectivity index (χ1) is 7.75. The lowest BCUT2D eigenvalue weighted by Gasteiger charge is -2.06. The molecule has 0 aliphatic carbocycles. The van der Waals surface area contributed by atoms with Crippen LogP contribution in [0.5, 0.6) is 0 Å². The quantitative estimate of drug-likeness (QED) is 0.881. The normalized spacial score (nSPS) is 10.1. The van der Waals surface area contributed by atoms with Crippen molar-refractivity contribution in [3.05, 3.63) is 51.8 Å². The summed E-state index contributed by atoms with van der Waals surface area (Å²) >= 11 is 9.17. The summed E-state index contributed by atoms with van der Waals surface area (Å²) in [5.41, 5.74) is 1.16. The largest absolute Gasteiger partial charge is 0.366 e. The summed E-state index contributed by atoms with van der Waals surface area (Å²) in [6.07, 6.45) is 1.62. The zero-order valence-electron chi connectivity index (χ0n) is 8.32. The molecule has 0 bridgehead atoms. The van der Waals surface area contributed by atoms with Gasteiger partial charge < -0.3 is 5.32 Å². The number of hydrogen-bond acceptors (Lipinski definition) is 3. The summed E-state index contributed by atoms with van der Waals surface area (Å²) in [6, 6.07) is 9.80. The Hall–Kier alpha value is -1.13. The highest BCUT2D eigenvalue weighted by molar-refractivity contribution is 9.10. The van der Waals surface area contributed by atoms with Gasteiger partial charge in [-0.3, -0.25) is 0 Å². The Bertz CT molecular complexity index is 490. The zero-order valence-corrected chi connectivity index (χ0v) is 10.7. The van der Waals surface area contributed by atoms with Crippen LogP contribution in [-0.4, -0.2) is 9.97 Å². The van der Waals surface area contributed by atoms with Gasteiger partial charge in [-0.05, 0) is 29.3 Å². The number of halogens is 2. The van der Waals surface area contributed by atoms with Crippen LogP contribution in [0, 0.1) is 0 Å². The van der Waals surface area contributed by atoms with Crippen LogP contribution in [0.4, 0.5) is 5.82 Å². The first kappa shape index (κ1) is 11.4. The van der Waals surface area contributed by atoms with Gasteiger partial charge in [-0.2, -0.15) is 0 Å². The van der Waals surface area contributed by atoms with Gasteiger partial charge in [0.2, 0.25) is 5.28 Å². The lowest BCUT2D eigenvalue weighted by molar-refractivity contribution is 1.08. The Morgan fingerprint density at radius 1 is 1.25 bits per heavy atom. The van der Waals surface area contributed by atoms with Gasteiger partial charge in [0, 0.05) is 17.2 Å². The fourth-order valence-corrected chi connectivity index (χ4v) is 1.83. The topological polar surface area (TPSA) is 37.8 Å². The molecule has 82 valence electrons. The molecule has 0 aliphatic heterocycles. The van der Waals surface area contributed by atoms with Gasteiger partial charge in [0.15, 0.2) is 0 Å². The number of nitrogens with one attached hydrogen (secondary N) is 1. The molecule has 0 saturated carbocycles. The van der Waals surface area contributed by atoms with Crippen LogP contribution in [-0.2, 0) is 6.54 Å². The molecule has 0 aliphatic rings. The van der Waals surface area contributed by atoms with Crippen LogP contribution in [0.25, 0.3) is 0 Å². The van der Waals surface area contributed by atoms with Gasteiger partial charge in [0.25, 0.3) is 0 Å². The minimum atomic E-state index is 0.247. The molecule has 2 rings (SSSR count). The first-order valence-electron chi connectivity index (χ1n) is 4.71. The highest BCUT2D eigenvalue weighted by atomic mass is 79.9. The van der Waals surface area contributed by atoms with Crippen LogP contribution >= 0.6 is 27.5 Å². The van der Waals surface area contributed by atoms with E-state index in [1.54, 1.807) is 12.3 Å². The van der Waals surface area contributed by atoms with Crippen LogP contribution < -0.4 is 5.32 Å². The molecule has 0 saturated heterocycles. The summed E-state index contributed by atoms with van der Waals surface area (Å²) in [5, 5.41) is 3.42. The molecule has 0 radical (unpaired) electrons. The Morgan fingerprint density at radius 3 is 2.81 bits per heavy atom. The number of aromatic nitrogens is 2. The van der Waals surface area contributed by atoms with E-state index in [9.17, 15) is 0 Å². The van der Waals surface area contributed by atoms with Crippen LogP contribution in [0.2, 0.25) is 5.28 Å². The molecule has 5 heteroatoms. The molecule has 1 heterocycles. The van der Waals surface area contributed by atoms with Gasteiger partial charge in [-0.1, -0.05) is 34.1 Å². The fourth-order valence-electron chi connectivity index (χ4n) is 1.26. The molecule has 1 aromatic carbocycles. The molecule has 0 fully saturated rings. The molecular formula is C11H9BrClN3. The second-order valence-corrected chi connectivity index (χ2v) is 4.35. The molecule has 1 aromatic heterocycles. The smallest absolute Gasteiger partial charge is 0.224 e. The molecule has 0 spiro atoms. The lowest BCUT2D eigenvalue weighted by atomic mass is 10.2. The maximum atomic E-state index is 5.69. The number of benzene rings is 1. The van der Waals surface area contributed by atoms with Crippen molar-refractivity contribution in [3.8, 4) is 0 Å². The van der Waals surface area contributed by atoms with Crippen molar-refractivity contribution < 1.29 is 0 Å². The third kappa shape index (κ3) is 2.93. The standard InChI is InChI=1S/C11H9BrClN3/c12-9-4-2-1-3-8(9)7-15-10-5-6-14-11(13)16-10/h1-6H,7H2,(H,14,15,16). The van der Waals surface area contributed by atoms with Gasteiger partial charge >= 0.3 is 0 Å². The predicted molar refractivity (Wildman–Crippen MR) is 68.5 cm³/mol. The molecule has 3 nitrogen and oxygen atoms in total. The van der Waals surface area contributed by atoms with Crippen LogP contribution in [0.3, 0.4) is 0 Å². The maximum absolute atomic E-state index is 5.69. The van der Waals surface area contributed by atoms with Crippen LogP contribution in [0.15, 0.2) is 41.0 Å². The Balaban J connectivity index is 2.05. The summed E-state index contributed by atoms with van der Waals surface area (Å²) < 4.78 is 1.07. The minimum absolute atomic E-state index is 0.247. The molecule has 0 amide bonds. The molecule has 1 N–H and O–H groups in total. The molecule has 0 unspecified atom stereocenters. The second kappa shape index (κ2) is 5.27. The summed E-state index contributed by atoms with van der Waals surface area (Å²) in [6.45, 7) is 0.689. The Morgan fingerprint density at radius 2 is 2.06 bits per heavy atom. The number of anilines is 1. The van der Waals surface area contributed by atoms with E-state index in [-0.39, 0.29) is 5.28 Å². The number of nitrogens with zero attached hydrogens (tertiary/aromatic N) is 2. The van der Waals surface area contributed by atoms with E-state index in [2.05, 4.69) is 31.2 Å². The van der Waals surface area contributed by atoms with Crippen molar-refractivity contribution in [3.63, 3.8) is 0 Å². The van der Waals surface area contributed by atoms with E-state index in [1.807, 2.05) is 24.3 Å². The minimum Gasteiger partial charge on any atom is -0.366 e. The maximum Gasteiger partial charge on any atom is 0.224 e. The Labute approximate surface area is 107 Å². The predicted octanol–water partition coefficient (Wildman–Crippen LogP) is 3.50. The Kier molecular flexibility index (Phi) is 3.74. The van der Waals surface area contributed by atoms with Gasteiger partial charge in [0.1, 0.15) is 5.82 Å². The highest BCUT2D eigenvalue weighted by Gasteiger charge is 1.99. The van der Waals surface area contributed by atoms with Gasteiger partial charge in [-0.15, -0.1) is 0 Å². The second-order valence-electron chi connectivity index (χ2n) is 3.16. The van der Waals surface area contributed by atoms with E-state index in [4.69, 9.17) is 11.6 Å². The van der Waals surface area contributed by atoms with Gasteiger partial charge in [0.05, 0.1) is 0 Å². The van der Waals surface area contributed by atoms with E-state index in [1.165, 1.54) is 0 Å². The molecular weight excluding hydrogens is 289 g/mol. The monoisotopic (exact) mass is 297 g/mol. The highest BCUT2D eigenvalue weighted by Crippen LogP contribution is 2.17.